The molecule has 1 aromatic rings. The molecular formula is C6H11N5OS. The van der Waals surface area contributed by atoms with Crippen molar-refractivity contribution in [3.05, 3.63) is 5.82 Å². The predicted octanol–water partition coefficient (Wildman–Crippen LogP) is -0.416. The SMILES string of the molecule is Cc1nc(S[C@@H](C)C(=O)NN)n[nH]1. The Morgan fingerprint density at radius 3 is 2.92 bits per heavy atom. The van der Waals surface area contributed by atoms with Gasteiger partial charge in [-0.2, -0.15) is 0 Å². The summed E-state index contributed by atoms with van der Waals surface area (Å²) in [5.41, 5.74) is 2.07. The summed E-state index contributed by atoms with van der Waals surface area (Å²) >= 11 is 1.25. The Balaban J connectivity index is 2.54. The zero-order chi connectivity index (χ0) is 9.84. The normalized spacial score (nSPS) is 12.5. The number of aromatic nitrogens is 3. The molecule has 1 amide bonds. The van der Waals surface area contributed by atoms with Gasteiger partial charge >= 0.3 is 0 Å². The molecule has 0 aliphatic rings. The monoisotopic (exact) mass is 201 g/mol. The van der Waals surface area contributed by atoms with Gasteiger partial charge in [0.2, 0.25) is 11.1 Å². The topological polar surface area (TPSA) is 96.7 Å². The van der Waals surface area contributed by atoms with Gasteiger partial charge in [0.05, 0.1) is 5.25 Å². The first-order chi connectivity index (χ1) is 6.13. The van der Waals surface area contributed by atoms with Gasteiger partial charge in [-0.05, 0) is 13.8 Å². The standard InChI is InChI=1S/C6H11N5OS/c1-3(5(12)9-7)13-6-8-4(2)10-11-6/h3H,7H2,1-2H3,(H,9,12)(H,8,10,11)/t3-/m0/s1. The van der Waals surface area contributed by atoms with E-state index in [4.69, 9.17) is 5.84 Å². The van der Waals surface area contributed by atoms with Crippen LogP contribution in [0.5, 0.6) is 0 Å². The second kappa shape index (κ2) is 4.24. The lowest BCUT2D eigenvalue weighted by Crippen LogP contribution is -2.36. The van der Waals surface area contributed by atoms with Crippen molar-refractivity contribution in [3.63, 3.8) is 0 Å². The van der Waals surface area contributed by atoms with Crippen molar-refractivity contribution >= 4 is 17.7 Å². The van der Waals surface area contributed by atoms with Gasteiger partial charge in [0.15, 0.2) is 0 Å². The summed E-state index contributed by atoms with van der Waals surface area (Å²) in [6.07, 6.45) is 0. The Morgan fingerprint density at radius 1 is 1.77 bits per heavy atom. The largest absolute Gasteiger partial charge is 0.293 e. The molecule has 13 heavy (non-hydrogen) atoms. The third-order valence-corrected chi connectivity index (χ3v) is 2.33. The van der Waals surface area contributed by atoms with E-state index in [9.17, 15) is 4.79 Å². The molecule has 0 fully saturated rings. The number of hydrogen-bond acceptors (Lipinski definition) is 5. The summed E-state index contributed by atoms with van der Waals surface area (Å²) in [4.78, 5) is 15.0. The first kappa shape index (κ1) is 10.0. The van der Waals surface area contributed by atoms with Crippen LogP contribution < -0.4 is 11.3 Å². The number of carbonyl (C=O) groups excluding carboxylic acids is 1. The molecule has 0 spiro atoms. The highest BCUT2D eigenvalue weighted by Gasteiger charge is 2.14. The molecule has 0 aromatic carbocycles. The van der Waals surface area contributed by atoms with Crippen LogP contribution in [0.4, 0.5) is 0 Å². The molecule has 0 saturated carbocycles. The molecule has 1 rings (SSSR count). The summed E-state index contributed by atoms with van der Waals surface area (Å²) in [5, 5.41) is 6.82. The van der Waals surface area contributed by atoms with E-state index in [1.54, 1.807) is 13.8 Å². The maximum atomic E-state index is 11.0. The summed E-state index contributed by atoms with van der Waals surface area (Å²) < 4.78 is 0. The van der Waals surface area contributed by atoms with Gasteiger partial charge < -0.3 is 0 Å². The Morgan fingerprint density at radius 2 is 2.46 bits per heavy atom. The van der Waals surface area contributed by atoms with Crippen molar-refractivity contribution in [2.75, 3.05) is 0 Å². The Labute approximate surface area is 79.7 Å². The van der Waals surface area contributed by atoms with E-state index < -0.39 is 0 Å². The number of nitrogens with one attached hydrogen (secondary N) is 2. The van der Waals surface area contributed by atoms with Gasteiger partial charge in [-0.15, -0.1) is 5.10 Å². The number of thioether (sulfide) groups is 1. The predicted molar refractivity (Wildman–Crippen MR) is 48.8 cm³/mol. The van der Waals surface area contributed by atoms with E-state index >= 15 is 0 Å². The fourth-order valence-corrected chi connectivity index (χ4v) is 1.48. The molecule has 0 unspecified atom stereocenters. The van der Waals surface area contributed by atoms with Crippen LogP contribution in [0.3, 0.4) is 0 Å². The molecule has 6 nitrogen and oxygen atoms in total. The number of nitrogens with zero attached hydrogens (tertiary/aromatic N) is 2. The van der Waals surface area contributed by atoms with E-state index in [1.165, 1.54) is 11.8 Å². The third kappa shape index (κ3) is 2.71. The van der Waals surface area contributed by atoms with Gasteiger partial charge in [0, 0.05) is 0 Å². The molecule has 0 bridgehead atoms. The van der Waals surface area contributed by atoms with Gasteiger partial charge in [-0.3, -0.25) is 15.3 Å². The zero-order valence-corrected chi connectivity index (χ0v) is 8.18. The van der Waals surface area contributed by atoms with E-state index in [0.717, 1.165) is 5.82 Å². The number of hydrogen-bond donors (Lipinski definition) is 3. The quantitative estimate of drug-likeness (QED) is 0.267. The molecule has 1 aromatic heterocycles. The second-order valence-electron chi connectivity index (χ2n) is 2.47. The van der Waals surface area contributed by atoms with Gasteiger partial charge in [-0.25, -0.2) is 10.8 Å². The smallest absolute Gasteiger partial charge is 0.247 e. The number of aromatic amines is 1. The maximum absolute atomic E-state index is 11.0. The number of H-pyrrole nitrogens is 1. The van der Waals surface area contributed by atoms with E-state index in [1.807, 2.05) is 0 Å². The number of amides is 1. The fraction of sp³-hybridized carbons (Fsp3) is 0.500. The van der Waals surface area contributed by atoms with Crippen molar-refractivity contribution in [3.8, 4) is 0 Å². The lowest BCUT2D eigenvalue weighted by molar-refractivity contribution is -0.120. The fourth-order valence-electron chi connectivity index (χ4n) is 0.704. The van der Waals surface area contributed by atoms with Crippen LogP contribution in [0, 0.1) is 6.92 Å². The second-order valence-corrected chi connectivity index (χ2v) is 3.78. The van der Waals surface area contributed by atoms with Crippen molar-refractivity contribution in [2.45, 2.75) is 24.3 Å². The molecule has 7 heteroatoms. The summed E-state index contributed by atoms with van der Waals surface area (Å²) in [6.45, 7) is 3.53. The minimum absolute atomic E-state index is 0.243. The molecule has 1 atom stereocenters. The molecule has 4 N–H and O–H groups in total. The molecule has 1 heterocycles. The molecule has 0 radical (unpaired) electrons. The van der Waals surface area contributed by atoms with Crippen LogP contribution in [0.25, 0.3) is 0 Å². The van der Waals surface area contributed by atoms with Crippen molar-refractivity contribution in [2.24, 2.45) is 5.84 Å². The number of hydrazine groups is 1. The number of carbonyl (C=O) groups is 1. The van der Waals surface area contributed by atoms with E-state index in [0.29, 0.717) is 5.16 Å². The minimum atomic E-state index is -0.291. The first-order valence-electron chi connectivity index (χ1n) is 3.69. The van der Waals surface area contributed by atoms with Gasteiger partial charge in [-0.1, -0.05) is 11.8 Å². The lowest BCUT2D eigenvalue weighted by atomic mass is 10.5. The maximum Gasteiger partial charge on any atom is 0.247 e. The average molecular weight is 201 g/mol. The van der Waals surface area contributed by atoms with Crippen LogP contribution >= 0.6 is 11.8 Å². The Kier molecular flexibility index (Phi) is 3.26. The van der Waals surface area contributed by atoms with Crippen molar-refractivity contribution in [1.82, 2.24) is 20.6 Å². The molecule has 0 saturated heterocycles. The zero-order valence-electron chi connectivity index (χ0n) is 7.37. The Hall–Kier alpha value is -1.08. The van der Waals surface area contributed by atoms with Crippen LogP contribution in [0.15, 0.2) is 5.16 Å². The molecule has 72 valence electrons. The molecule has 0 aliphatic heterocycles. The molecular weight excluding hydrogens is 190 g/mol. The van der Waals surface area contributed by atoms with Crippen molar-refractivity contribution in [1.29, 1.82) is 0 Å². The highest BCUT2D eigenvalue weighted by molar-refractivity contribution is 8.00. The number of rotatable bonds is 3. The lowest BCUT2D eigenvalue weighted by Gasteiger charge is -2.04. The first-order valence-corrected chi connectivity index (χ1v) is 4.57. The minimum Gasteiger partial charge on any atom is -0.293 e. The van der Waals surface area contributed by atoms with Crippen LogP contribution in [0.1, 0.15) is 12.7 Å². The van der Waals surface area contributed by atoms with E-state index in [2.05, 4.69) is 20.6 Å². The third-order valence-electron chi connectivity index (χ3n) is 1.37. The highest BCUT2D eigenvalue weighted by atomic mass is 32.2. The Bertz CT molecular complexity index is 299. The van der Waals surface area contributed by atoms with Crippen molar-refractivity contribution < 1.29 is 4.79 Å². The van der Waals surface area contributed by atoms with Gasteiger partial charge in [0.25, 0.3) is 0 Å². The van der Waals surface area contributed by atoms with Crippen LogP contribution in [-0.4, -0.2) is 26.3 Å². The number of nitrogens with two attached hydrogens (primary N) is 1. The average Bonchev–Trinajstić information content (AvgIpc) is 2.49. The highest BCUT2D eigenvalue weighted by Crippen LogP contribution is 2.18. The summed E-state index contributed by atoms with van der Waals surface area (Å²) in [7, 11) is 0. The van der Waals surface area contributed by atoms with Crippen LogP contribution in [0.2, 0.25) is 0 Å². The van der Waals surface area contributed by atoms with Crippen LogP contribution in [-0.2, 0) is 4.79 Å². The van der Waals surface area contributed by atoms with E-state index in [-0.39, 0.29) is 11.2 Å². The summed E-state index contributed by atoms with van der Waals surface area (Å²) in [5.74, 6) is 5.45. The number of aryl methyl sites for hydroxylation is 1. The summed E-state index contributed by atoms with van der Waals surface area (Å²) in [6, 6.07) is 0. The molecule has 0 aliphatic carbocycles. The van der Waals surface area contributed by atoms with Gasteiger partial charge in [0.1, 0.15) is 5.82 Å².